The van der Waals surface area contributed by atoms with Crippen LogP contribution >= 0.6 is 0 Å². The number of hydrogen-bond acceptors (Lipinski definition) is 15. The van der Waals surface area contributed by atoms with Gasteiger partial charge in [-0.05, 0) is 13.0 Å². The summed E-state index contributed by atoms with van der Waals surface area (Å²) in [5, 5.41) is 40.6. The molecule has 280 valence electrons. The molecule has 8 N–H and O–H groups in total. The molecule has 2 aromatic carbocycles. The Morgan fingerprint density at radius 3 is 2.54 bits per heavy atom. The first-order valence-electron chi connectivity index (χ1n) is 16.9. The second-order valence-electron chi connectivity index (χ2n) is 13.4. The van der Waals surface area contributed by atoms with Crippen molar-refractivity contribution in [2.45, 2.75) is 74.9 Å². The third-order valence-corrected chi connectivity index (χ3v) is 10.4. The molecule has 5 aliphatic rings. The van der Waals surface area contributed by atoms with Gasteiger partial charge in [0.2, 0.25) is 5.78 Å². The smallest absolute Gasteiger partial charge is 0.328 e. The molecule has 3 amide bonds. The summed E-state index contributed by atoms with van der Waals surface area (Å²) in [6.45, 7) is 2.65. The molecule has 3 aliphatic heterocycles. The lowest BCUT2D eigenvalue weighted by Gasteiger charge is -2.43. The minimum Gasteiger partial charge on any atom is -0.507 e. The summed E-state index contributed by atoms with van der Waals surface area (Å²) in [5.74, 6) is 1.47. The van der Waals surface area contributed by atoms with Gasteiger partial charge >= 0.3 is 6.03 Å². The summed E-state index contributed by atoms with van der Waals surface area (Å²) < 4.78 is 35.6. The van der Waals surface area contributed by atoms with E-state index >= 15 is 0 Å². The quantitative estimate of drug-likeness (QED) is 0.0505. The van der Waals surface area contributed by atoms with Gasteiger partial charge in [0.05, 0.1) is 42.6 Å². The lowest BCUT2D eigenvalue weighted by Crippen LogP contribution is -2.55. The molecule has 18 nitrogen and oxygen atoms in total. The summed E-state index contributed by atoms with van der Waals surface area (Å²) >= 11 is 0. The molecule has 18 heteroatoms. The maximum atomic E-state index is 14.0. The third-order valence-electron chi connectivity index (χ3n) is 10.4. The number of nitrogens with one attached hydrogen (secondary N) is 3. The number of carbonyl (C=O) groups is 4. The van der Waals surface area contributed by atoms with Crippen molar-refractivity contribution < 1.29 is 62.9 Å². The number of hydrogen-bond donors (Lipinski definition) is 7. The second kappa shape index (κ2) is 13.9. The highest BCUT2D eigenvalue weighted by Gasteiger charge is 2.55. The van der Waals surface area contributed by atoms with E-state index in [9.17, 15) is 34.5 Å². The number of phenols is 2. The van der Waals surface area contributed by atoms with Gasteiger partial charge in [-0.15, -0.1) is 0 Å². The lowest BCUT2D eigenvalue weighted by molar-refractivity contribution is -0.256. The molecule has 0 unspecified atom stereocenters. The number of methoxy groups -OCH3 is 2. The Kier molecular flexibility index (Phi) is 9.59. The summed E-state index contributed by atoms with van der Waals surface area (Å²) in [4.78, 5) is 55.1. The van der Waals surface area contributed by atoms with E-state index in [-0.39, 0.29) is 59.7 Å². The number of nitrogens with two attached hydrogens (primary N) is 1. The topological polar surface area (TPSA) is 250 Å². The molecule has 7 rings (SSSR count). The van der Waals surface area contributed by atoms with Gasteiger partial charge in [-0.1, -0.05) is 12.1 Å². The molecule has 2 aromatic rings. The first-order chi connectivity index (χ1) is 24.9. The first-order valence-corrected chi connectivity index (χ1v) is 16.9. The largest absolute Gasteiger partial charge is 0.507 e. The molecule has 3 heterocycles. The van der Waals surface area contributed by atoms with E-state index in [1.807, 2.05) is 12.3 Å². The summed E-state index contributed by atoms with van der Waals surface area (Å²) in [6.07, 6.45) is -4.98. The molecule has 8 atom stereocenters. The maximum absolute atomic E-state index is 14.0. The van der Waals surface area contributed by atoms with Crippen LogP contribution in [0.25, 0.3) is 0 Å². The predicted molar refractivity (Wildman–Crippen MR) is 175 cm³/mol. The fourth-order valence-electron chi connectivity index (χ4n) is 8.07. The van der Waals surface area contributed by atoms with Crippen LogP contribution in [-0.4, -0.2) is 127 Å². The van der Waals surface area contributed by atoms with Gasteiger partial charge in [-0.2, -0.15) is 0 Å². The van der Waals surface area contributed by atoms with Crippen LogP contribution in [-0.2, 0) is 34.9 Å². The highest BCUT2D eigenvalue weighted by atomic mass is 16.7. The number of hydrazine groups is 1. The van der Waals surface area contributed by atoms with Crippen molar-refractivity contribution in [1.82, 2.24) is 21.0 Å². The number of amides is 3. The van der Waals surface area contributed by atoms with Crippen molar-refractivity contribution in [3.63, 3.8) is 0 Å². The van der Waals surface area contributed by atoms with E-state index in [1.54, 1.807) is 0 Å². The number of ether oxygens (including phenoxy) is 6. The van der Waals surface area contributed by atoms with Crippen LogP contribution in [0.15, 0.2) is 18.2 Å². The van der Waals surface area contributed by atoms with Gasteiger partial charge in [0.1, 0.15) is 29.0 Å². The summed E-state index contributed by atoms with van der Waals surface area (Å²) in [6, 6.07) is 3.54. The van der Waals surface area contributed by atoms with Gasteiger partial charge < -0.3 is 54.4 Å². The zero-order valence-electron chi connectivity index (χ0n) is 28.7. The molecule has 0 bridgehead atoms. The Labute approximate surface area is 297 Å². The maximum Gasteiger partial charge on any atom is 0.328 e. The lowest BCUT2D eigenvalue weighted by atomic mass is 9.72. The van der Waals surface area contributed by atoms with Crippen molar-refractivity contribution in [2.75, 3.05) is 40.5 Å². The van der Waals surface area contributed by atoms with Crippen molar-refractivity contribution in [2.24, 2.45) is 5.84 Å². The van der Waals surface area contributed by atoms with Crippen molar-refractivity contribution in [3.8, 4) is 17.2 Å². The van der Waals surface area contributed by atoms with E-state index in [1.165, 1.54) is 32.4 Å². The second-order valence-corrected chi connectivity index (χ2v) is 13.4. The van der Waals surface area contributed by atoms with E-state index in [0.717, 1.165) is 0 Å². The number of aromatic hydroxyl groups is 2. The van der Waals surface area contributed by atoms with Gasteiger partial charge in [0.15, 0.2) is 24.6 Å². The average Bonchev–Trinajstić information content (AvgIpc) is 3.52. The van der Waals surface area contributed by atoms with Crippen LogP contribution < -0.4 is 26.6 Å². The molecule has 52 heavy (non-hydrogen) atoms. The molecule has 0 radical (unpaired) electrons. The van der Waals surface area contributed by atoms with Crippen LogP contribution in [0.3, 0.4) is 0 Å². The fraction of sp³-hybridized carbons (Fsp3) is 0.529. The molecule has 0 spiro atoms. The molecular weight excluding hydrogens is 686 g/mol. The summed E-state index contributed by atoms with van der Waals surface area (Å²) in [7, 11) is 2.87. The number of nitrogens with zero attached hydrogens (tertiary/aromatic N) is 1. The Balaban J connectivity index is 1.26. The number of aliphatic hydroxyl groups is 1. The number of ketones is 2. The van der Waals surface area contributed by atoms with Crippen LogP contribution in [0.1, 0.15) is 68.8 Å². The highest BCUT2D eigenvalue weighted by Crippen LogP contribution is 2.53. The molecule has 3 fully saturated rings. The predicted octanol–water partition coefficient (Wildman–Crippen LogP) is -0.561. The van der Waals surface area contributed by atoms with Crippen molar-refractivity contribution >= 4 is 23.5 Å². The SMILES string of the molecule is COc1cccc2c1C(=O)c1c(O)c3c(c(O)c1C2=O)C[C@@](O)(C(=O)NCCNC(=O)NN)C[C@@H]3O[C@H]1C[C@H]2[C@H](O[C@@H]3[C@@H](OC)OCCN32)[C@H](C)O1. The number of rotatable bonds is 8. The molecule has 0 aromatic heterocycles. The number of phenolic OH excluding ortho intramolecular Hbond substituents is 2. The minimum absolute atomic E-state index is 0.0364. The Hall–Kier alpha value is -4.40. The standard InChI is InChI=1S/C34H41N5O13/c1-14-29-17(39-9-10-49-31(48-3)30(39)52-29)11-20(50-14)51-19-13-34(46,32(44)36-7-8-37-33(45)38-35)12-16-22(19)28(43)24-23(26(16)41)25(40)15-5-4-6-18(47-2)21(15)27(24)42/h4-6,14,17,19-20,29-31,41,43,46H,7-13,35H2,1-3H3,(H,36,44)(H2,37,38,45)/t14-,17-,19-,20-,29+,30+,31-,34-/m0/s1. The van der Waals surface area contributed by atoms with Crippen molar-refractivity contribution in [1.29, 1.82) is 0 Å². The highest BCUT2D eigenvalue weighted by molar-refractivity contribution is 6.31. The number of morpholine rings is 1. The molecular formula is C34H41N5O13. The summed E-state index contributed by atoms with van der Waals surface area (Å²) in [5.41, 5.74) is -1.63. The van der Waals surface area contributed by atoms with Crippen LogP contribution in [0.4, 0.5) is 4.79 Å². The number of carbonyl (C=O) groups excluding carboxylic acids is 4. The molecule has 3 saturated heterocycles. The van der Waals surface area contributed by atoms with Gasteiger partial charge in [-0.25, -0.2) is 10.6 Å². The number of fused-ring (bicyclic) bond motifs is 6. The minimum atomic E-state index is -2.25. The molecule has 0 saturated carbocycles. The van der Waals surface area contributed by atoms with Crippen LogP contribution in [0, 0.1) is 0 Å². The van der Waals surface area contributed by atoms with Gasteiger partial charge in [0, 0.05) is 68.7 Å². The fourth-order valence-corrected chi connectivity index (χ4v) is 8.07. The average molecular weight is 728 g/mol. The van der Waals surface area contributed by atoms with E-state index in [2.05, 4.69) is 15.5 Å². The Bertz CT molecular complexity index is 1810. The van der Waals surface area contributed by atoms with Crippen LogP contribution in [0.2, 0.25) is 0 Å². The zero-order chi connectivity index (χ0) is 37.1. The number of benzene rings is 2. The molecule has 2 aliphatic carbocycles. The van der Waals surface area contributed by atoms with Gasteiger partial charge in [-0.3, -0.25) is 24.7 Å². The zero-order valence-corrected chi connectivity index (χ0v) is 28.7. The monoisotopic (exact) mass is 727 g/mol. The number of urea groups is 1. The van der Waals surface area contributed by atoms with Crippen LogP contribution in [0.5, 0.6) is 17.2 Å². The van der Waals surface area contributed by atoms with Crippen molar-refractivity contribution in [3.05, 3.63) is 51.6 Å². The normalized spacial score (nSPS) is 30.7. The van der Waals surface area contributed by atoms with E-state index in [0.29, 0.717) is 13.2 Å². The first kappa shape index (κ1) is 36.0. The van der Waals surface area contributed by atoms with Gasteiger partial charge in [0.25, 0.3) is 5.91 Å². The Morgan fingerprint density at radius 1 is 1.06 bits per heavy atom. The van der Waals surface area contributed by atoms with E-state index < -0.39 is 95.6 Å². The van der Waals surface area contributed by atoms with E-state index in [4.69, 9.17) is 34.3 Å². The Morgan fingerprint density at radius 2 is 1.81 bits per heavy atom. The third kappa shape index (κ3) is 5.84.